The van der Waals surface area contributed by atoms with Gasteiger partial charge < -0.3 is 76.4 Å². The quantitative estimate of drug-likeness (QED) is 0.0223. The van der Waals surface area contributed by atoms with Crippen molar-refractivity contribution in [1.29, 1.82) is 0 Å². The molecule has 0 aromatic heterocycles. The third kappa shape index (κ3) is 22.9. The van der Waals surface area contributed by atoms with E-state index in [4.69, 9.17) is 71.1 Å². The predicted molar refractivity (Wildman–Crippen MR) is 338 cm³/mol. The Balaban J connectivity index is 1.26. The molecule has 0 aliphatic carbocycles. The molecule has 21 nitrogen and oxygen atoms in total. The molecule has 15 atom stereocenters. The summed E-state index contributed by atoms with van der Waals surface area (Å²) in [6.45, 7) is 8.58. The normalized spacial score (nSPS) is 26.1. The summed E-state index contributed by atoms with van der Waals surface area (Å²) >= 11 is 0. The van der Waals surface area contributed by atoms with Gasteiger partial charge in [0, 0.05) is 40.7 Å². The number of ether oxygens (including phenoxy) is 15. The first-order chi connectivity index (χ1) is 45.3. The van der Waals surface area contributed by atoms with Crippen molar-refractivity contribution in [3.05, 3.63) is 179 Å². The number of nitrogens with one attached hydrogen (secondary N) is 1. The number of unbranched alkanes of at least 4 members (excludes halogenated alkanes) is 5. The topological polar surface area (TPSA) is 236 Å². The lowest BCUT2D eigenvalue weighted by molar-refractivity contribution is -0.380. The van der Waals surface area contributed by atoms with E-state index in [9.17, 15) is 24.0 Å². The van der Waals surface area contributed by atoms with Crippen molar-refractivity contribution in [3.63, 3.8) is 0 Å². The van der Waals surface area contributed by atoms with Crippen molar-refractivity contribution in [3.8, 4) is 0 Å². The standard InChI is InChI=1S/C72H91NO20/c1-7-9-10-11-12-28-39-81-71-68(66(85-44-56-37-26-17-27-38-56)62(83-42-54-33-22-15-23-34-54)57(90-71)45-79-40-52-29-18-13-19-30-52)93-70-61(73-60(78)8-2)65(84-43-55-35-24-16-25-36-55)63(58(89-70)46-80-41-53-31-20-14-21-32-53)92-72-69(88-51(6)77)67(87-50(5)76)64(86-49(4)75)59(91-72)47-82-48(3)74/h13-27,29-38,57-59,61-72H,7-12,28,39-47H2,1-6H3,(H,73,78)/t57-,58-,59-,61-,62-,63-,64+,65-,66+,67+,68+,69-,70+,71+,72+/m1/s1. The van der Waals surface area contributed by atoms with Gasteiger partial charge in [0.1, 0.15) is 61.5 Å². The molecule has 3 heterocycles. The number of benzene rings is 5. The molecule has 0 unspecified atom stereocenters. The Labute approximate surface area is 545 Å². The Morgan fingerprint density at radius 2 is 0.785 bits per heavy atom. The lowest BCUT2D eigenvalue weighted by atomic mass is 9.94. The first-order valence-electron chi connectivity index (χ1n) is 32.3. The number of amides is 1. The van der Waals surface area contributed by atoms with Crippen LogP contribution in [0.25, 0.3) is 0 Å². The third-order valence-corrected chi connectivity index (χ3v) is 15.8. The van der Waals surface area contributed by atoms with Crippen LogP contribution in [0.5, 0.6) is 0 Å². The van der Waals surface area contributed by atoms with E-state index in [1.807, 2.05) is 152 Å². The highest BCUT2D eigenvalue weighted by Gasteiger charge is 2.58. The van der Waals surface area contributed by atoms with Gasteiger partial charge in [-0.15, -0.1) is 0 Å². The van der Waals surface area contributed by atoms with E-state index in [0.717, 1.165) is 80.7 Å². The van der Waals surface area contributed by atoms with Gasteiger partial charge in [-0.05, 0) is 34.2 Å². The van der Waals surface area contributed by atoms with E-state index in [0.29, 0.717) is 6.42 Å². The Morgan fingerprint density at radius 1 is 0.376 bits per heavy atom. The van der Waals surface area contributed by atoms with Crippen LogP contribution in [-0.2, 0) is 128 Å². The van der Waals surface area contributed by atoms with Gasteiger partial charge in [0.2, 0.25) is 5.91 Å². The monoisotopic (exact) mass is 1290 g/mol. The van der Waals surface area contributed by atoms with Crippen molar-refractivity contribution >= 4 is 29.8 Å². The molecular weight excluding hydrogens is 1200 g/mol. The first kappa shape index (κ1) is 71.9. The number of esters is 4. The van der Waals surface area contributed by atoms with Crippen LogP contribution in [0.3, 0.4) is 0 Å². The van der Waals surface area contributed by atoms with Gasteiger partial charge in [0.15, 0.2) is 37.2 Å². The van der Waals surface area contributed by atoms with Crippen molar-refractivity contribution in [2.24, 2.45) is 0 Å². The summed E-state index contributed by atoms with van der Waals surface area (Å²) in [4.78, 5) is 66.0. The highest BCUT2D eigenvalue weighted by molar-refractivity contribution is 5.76. The maximum absolute atomic E-state index is 14.4. The smallest absolute Gasteiger partial charge is 0.303 e. The van der Waals surface area contributed by atoms with Gasteiger partial charge in [0.05, 0.1) is 46.2 Å². The van der Waals surface area contributed by atoms with Crippen LogP contribution in [0.1, 0.15) is 114 Å². The number of carbonyl (C=O) groups is 5. The van der Waals surface area contributed by atoms with Crippen LogP contribution in [0.15, 0.2) is 152 Å². The van der Waals surface area contributed by atoms with Crippen molar-refractivity contribution in [2.45, 2.75) is 212 Å². The van der Waals surface area contributed by atoms with Gasteiger partial charge in [0.25, 0.3) is 0 Å². The van der Waals surface area contributed by atoms with Crippen LogP contribution >= 0.6 is 0 Å². The molecule has 8 rings (SSSR count). The van der Waals surface area contributed by atoms with Crippen molar-refractivity contribution in [2.75, 3.05) is 26.4 Å². The van der Waals surface area contributed by atoms with Gasteiger partial charge >= 0.3 is 23.9 Å². The Bertz CT molecular complexity index is 2990. The molecule has 0 radical (unpaired) electrons. The minimum absolute atomic E-state index is 0.00284. The largest absolute Gasteiger partial charge is 0.463 e. The summed E-state index contributed by atoms with van der Waals surface area (Å²) in [5.74, 6) is -3.64. The molecule has 5 aromatic rings. The Kier molecular flexibility index (Phi) is 29.7. The van der Waals surface area contributed by atoms with Gasteiger partial charge in [-0.3, -0.25) is 24.0 Å². The van der Waals surface area contributed by atoms with Gasteiger partial charge in [-0.25, -0.2) is 0 Å². The molecule has 3 aliphatic rings. The summed E-state index contributed by atoms with van der Waals surface area (Å²) in [6, 6.07) is 46.8. The lowest BCUT2D eigenvalue weighted by Gasteiger charge is -2.51. The molecule has 21 heteroatoms. The number of hydrogen-bond donors (Lipinski definition) is 1. The van der Waals surface area contributed by atoms with E-state index in [-0.39, 0.29) is 59.3 Å². The Hall–Kier alpha value is -6.99. The van der Waals surface area contributed by atoms with Crippen molar-refractivity contribution < 1.29 is 95.0 Å². The summed E-state index contributed by atoms with van der Waals surface area (Å²) < 4.78 is 99.9. The minimum atomic E-state index is -1.73. The molecule has 504 valence electrons. The number of rotatable bonds is 36. The molecule has 3 aliphatic heterocycles. The molecule has 93 heavy (non-hydrogen) atoms. The zero-order valence-electron chi connectivity index (χ0n) is 54.1. The lowest BCUT2D eigenvalue weighted by Crippen LogP contribution is -2.70. The second-order valence-electron chi connectivity index (χ2n) is 23.2. The molecule has 0 spiro atoms. The second kappa shape index (κ2) is 38.4. The predicted octanol–water partition coefficient (Wildman–Crippen LogP) is 9.75. The maximum Gasteiger partial charge on any atom is 0.303 e. The van der Waals surface area contributed by atoms with Gasteiger partial charge in [-0.1, -0.05) is 198 Å². The molecule has 1 N–H and O–H groups in total. The fourth-order valence-corrected chi connectivity index (χ4v) is 11.4. The average Bonchev–Trinajstić information content (AvgIpc) is 0.788. The summed E-state index contributed by atoms with van der Waals surface area (Å²) in [5, 5.41) is 3.17. The first-order valence-corrected chi connectivity index (χ1v) is 32.3. The fraction of sp³-hybridized carbons (Fsp3) is 0.514. The number of hydrogen-bond acceptors (Lipinski definition) is 20. The summed E-state index contributed by atoms with van der Waals surface area (Å²) in [6.07, 6.45) is -12.4. The minimum Gasteiger partial charge on any atom is -0.463 e. The molecule has 0 saturated carbocycles. The zero-order chi connectivity index (χ0) is 65.7. The molecular formula is C72H91NO20. The average molecular weight is 1290 g/mol. The second-order valence-corrected chi connectivity index (χ2v) is 23.2. The van der Waals surface area contributed by atoms with Crippen LogP contribution in [0, 0.1) is 0 Å². The Morgan fingerprint density at radius 3 is 1.28 bits per heavy atom. The SMILES string of the molecule is CCCCCCCCO[C@H]1O[C@H](COCc2ccccc2)[C@@H](OCc2ccccc2)[C@H](OCc2ccccc2)[C@@H]1O[C@@H]1O[C@H](COCc2ccccc2)[C@@H](O[C@@H]2O[C@H](COC(C)=O)[C@H](OC(C)=O)[C@H](OC(C)=O)[C@H]2OC(C)=O)[C@H](OCc2ccccc2)[C@H]1NC(=O)CC. The number of carbonyl (C=O) groups excluding carboxylic acids is 5. The molecule has 3 fully saturated rings. The molecule has 0 bridgehead atoms. The van der Waals surface area contributed by atoms with Crippen LogP contribution < -0.4 is 5.32 Å². The van der Waals surface area contributed by atoms with Crippen LogP contribution in [0.4, 0.5) is 0 Å². The summed E-state index contributed by atoms with van der Waals surface area (Å²) in [5.41, 5.74) is 4.28. The van der Waals surface area contributed by atoms with Gasteiger partial charge in [-0.2, -0.15) is 0 Å². The van der Waals surface area contributed by atoms with Crippen molar-refractivity contribution in [1.82, 2.24) is 5.32 Å². The summed E-state index contributed by atoms with van der Waals surface area (Å²) in [7, 11) is 0. The van der Waals surface area contributed by atoms with Crippen LogP contribution in [0.2, 0.25) is 0 Å². The third-order valence-electron chi connectivity index (χ3n) is 15.8. The molecule has 1 amide bonds. The zero-order valence-corrected chi connectivity index (χ0v) is 54.1. The van der Waals surface area contributed by atoms with E-state index in [1.165, 1.54) is 6.92 Å². The highest BCUT2D eigenvalue weighted by atomic mass is 16.8. The molecule has 5 aromatic carbocycles. The van der Waals surface area contributed by atoms with E-state index < -0.39 is 128 Å². The van der Waals surface area contributed by atoms with Crippen LogP contribution in [-0.4, -0.2) is 148 Å². The maximum atomic E-state index is 14.4. The fourth-order valence-electron chi connectivity index (χ4n) is 11.4. The highest BCUT2D eigenvalue weighted by Crippen LogP contribution is 2.39. The molecule has 3 saturated heterocycles. The van der Waals surface area contributed by atoms with E-state index in [2.05, 4.69) is 12.2 Å². The van der Waals surface area contributed by atoms with E-state index in [1.54, 1.807) is 6.92 Å². The van der Waals surface area contributed by atoms with E-state index >= 15 is 0 Å².